The SMILES string of the molecule is CC(C)[C@@H](O)C[C@@H](C#C[Si](C)(C)C)[Si](c1ccccc1)(c1ccccc1)c1ccccc1. The largest absolute Gasteiger partial charge is 0.393 e. The predicted molar refractivity (Wildman–Crippen MR) is 144 cm³/mol. The summed E-state index contributed by atoms with van der Waals surface area (Å²) in [7, 11) is -4.17. The van der Waals surface area contributed by atoms with Crippen LogP contribution in [0.5, 0.6) is 0 Å². The van der Waals surface area contributed by atoms with Gasteiger partial charge in [0.15, 0.2) is 8.07 Å². The minimum Gasteiger partial charge on any atom is -0.393 e. The van der Waals surface area contributed by atoms with E-state index in [1.54, 1.807) is 0 Å². The molecule has 3 rings (SSSR count). The molecule has 0 aliphatic rings. The molecule has 1 nitrogen and oxygen atoms in total. The summed E-state index contributed by atoms with van der Waals surface area (Å²) in [4.78, 5) is 0. The van der Waals surface area contributed by atoms with Gasteiger partial charge in [-0.25, -0.2) is 0 Å². The molecule has 2 atom stereocenters. The van der Waals surface area contributed by atoms with Crippen LogP contribution in [0.1, 0.15) is 20.3 Å². The number of aliphatic hydroxyl groups excluding tert-OH is 1. The quantitative estimate of drug-likeness (QED) is 0.307. The Balaban J connectivity index is 2.39. The van der Waals surface area contributed by atoms with Crippen LogP contribution in [-0.4, -0.2) is 27.4 Å². The van der Waals surface area contributed by atoms with E-state index in [2.05, 4.69) is 136 Å². The van der Waals surface area contributed by atoms with E-state index >= 15 is 0 Å². The molecule has 0 fully saturated rings. The van der Waals surface area contributed by atoms with E-state index in [9.17, 15) is 5.11 Å². The van der Waals surface area contributed by atoms with Gasteiger partial charge in [-0.1, -0.05) is 124 Å². The molecule has 166 valence electrons. The zero-order valence-electron chi connectivity index (χ0n) is 20.0. The lowest BCUT2D eigenvalue weighted by atomic mass is 10.0. The van der Waals surface area contributed by atoms with Crippen LogP contribution < -0.4 is 15.6 Å². The van der Waals surface area contributed by atoms with Crippen molar-refractivity contribution < 1.29 is 5.11 Å². The Kier molecular flexibility index (Phi) is 7.95. The average molecular weight is 457 g/mol. The fourth-order valence-electron chi connectivity index (χ4n) is 4.37. The molecule has 0 saturated heterocycles. The van der Waals surface area contributed by atoms with Gasteiger partial charge < -0.3 is 5.11 Å². The fourth-order valence-corrected chi connectivity index (χ4v) is 10.4. The molecule has 0 bridgehead atoms. The first kappa shape index (κ1) is 24.3. The maximum absolute atomic E-state index is 11.1. The molecule has 0 aliphatic carbocycles. The Morgan fingerprint density at radius 2 is 1.06 bits per heavy atom. The minimum absolute atomic E-state index is 0.0684. The van der Waals surface area contributed by atoms with E-state index in [1.807, 2.05) is 0 Å². The molecule has 1 N–H and O–H groups in total. The van der Waals surface area contributed by atoms with Gasteiger partial charge in [0.2, 0.25) is 0 Å². The normalized spacial score (nSPS) is 13.8. The second-order valence-corrected chi connectivity index (χ2v) is 18.8. The van der Waals surface area contributed by atoms with Gasteiger partial charge in [-0.05, 0) is 27.9 Å². The molecule has 0 unspecified atom stereocenters. The number of hydrogen-bond acceptors (Lipinski definition) is 1. The molecule has 3 aromatic rings. The lowest BCUT2D eigenvalue weighted by Crippen LogP contribution is -2.70. The number of benzene rings is 3. The summed E-state index contributed by atoms with van der Waals surface area (Å²) in [5.41, 5.74) is 3.76. The van der Waals surface area contributed by atoms with Crippen molar-refractivity contribution in [3.05, 3.63) is 91.0 Å². The van der Waals surface area contributed by atoms with Crippen molar-refractivity contribution in [3.63, 3.8) is 0 Å². The first-order chi connectivity index (χ1) is 15.2. The summed E-state index contributed by atoms with van der Waals surface area (Å²) in [6, 6.07) is 32.8. The lowest BCUT2D eigenvalue weighted by molar-refractivity contribution is 0.117. The van der Waals surface area contributed by atoms with E-state index in [0.717, 1.165) is 0 Å². The molecule has 3 aromatic carbocycles. The third kappa shape index (κ3) is 5.50. The van der Waals surface area contributed by atoms with Crippen LogP contribution in [0.2, 0.25) is 25.2 Å². The van der Waals surface area contributed by atoms with Crippen LogP contribution in [0, 0.1) is 17.4 Å². The highest BCUT2D eigenvalue weighted by molar-refractivity contribution is 7.12. The zero-order valence-corrected chi connectivity index (χ0v) is 22.0. The first-order valence-electron chi connectivity index (χ1n) is 11.6. The number of rotatable bonds is 7. The Morgan fingerprint density at radius 3 is 1.38 bits per heavy atom. The van der Waals surface area contributed by atoms with Crippen molar-refractivity contribution in [1.82, 2.24) is 0 Å². The third-order valence-electron chi connectivity index (χ3n) is 6.08. The van der Waals surface area contributed by atoms with Gasteiger partial charge in [0, 0.05) is 5.54 Å². The molecule has 3 heteroatoms. The maximum atomic E-state index is 11.1. The van der Waals surface area contributed by atoms with Gasteiger partial charge in [0.25, 0.3) is 0 Å². The van der Waals surface area contributed by atoms with Crippen molar-refractivity contribution in [2.45, 2.75) is 51.6 Å². The van der Waals surface area contributed by atoms with Crippen molar-refractivity contribution in [2.75, 3.05) is 0 Å². The smallest absolute Gasteiger partial charge is 0.163 e. The second-order valence-electron chi connectivity index (χ2n) is 10.0. The predicted octanol–water partition coefficient (Wildman–Crippen LogP) is 4.81. The molecule has 0 radical (unpaired) electrons. The monoisotopic (exact) mass is 456 g/mol. The fraction of sp³-hybridized carbons (Fsp3) is 0.310. The molecule has 0 aliphatic heterocycles. The van der Waals surface area contributed by atoms with Crippen LogP contribution in [0.3, 0.4) is 0 Å². The topological polar surface area (TPSA) is 20.2 Å². The van der Waals surface area contributed by atoms with Crippen LogP contribution in [0.25, 0.3) is 0 Å². The first-order valence-corrected chi connectivity index (χ1v) is 17.2. The Morgan fingerprint density at radius 1 is 0.688 bits per heavy atom. The third-order valence-corrected chi connectivity index (χ3v) is 12.1. The molecular formula is C29H36OSi2. The summed E-state index contributed by atoms with van der Waals surface area (Å²) in [5.74, 6) is 3.99. The van der Waals surface area contributed by atoms with Crippen LogP contribution >= 0.6 is 0 Å². The van der Waals surface area contributed by atoms with E-state index in [0.29, 0.717) is 6.42 Å². The highest BCUT2D eigenvalue weighted by Gasteiger charge is 2.46. The molecule has 0 aromatic heterocycles. The zero-order chi connectivity index (χ0) is 23.2. The molecule has 0 saturated carbocycles. The van der Waals surface area contributed by atoms with Crippen molar-refractivity contribution in [1.29, 1.82) is 0 Å². The molecular weight excluding hydrogens is 420 g/mol. The number of hydrogen-bond donors (Lipinski definition) is 1. The van der Waals surface area contributed by atoms with Crippen LogP contribution in [-0.2, 0) is 0 Å². The molecule has 0 spiro atoms. The maximum Gasteiger partial charge on any atom is 0.163 e. The van der Waals surface area contributed by atoms with Gasteiger partial charge in [0.05, 0.1) is 6.10 Å². The van der Waals surface area contributed by atoms with Crippen molar-refractivity contribution in [3.8, 4) is 11.5 Å². The Bertz CT molecular complexity index is 932. The summed E-state index contributed by atoms with van der Waals surface area (Å²) in [6.45, 7) is 11.1. The summed E-state index contributed by atoms with van der Waals surface area (Å²) >= 11 is 0. The Labute approximate surface area is 196 Å². The number of aliphatic hydroxyl groups is 1. The van der Waals surface area contributed by atoms with Crippen LogP contribution in [0.4, 0.5) is 0 Å². The molecule has 32 heavy (non-hydrogen) atoms. The van der Waals surface area contributed by atoms with E-state index in [-0.39, 0.29) is 17.6 Å². The summed E-state index contributed by atoms with van der Waals surface area (Å²) < 4.78 is 0. The summed E-state index contributed by atoms with van der Waals surface area (Å²) in [6.07, 6.45) is 0.291. The van der Waals surface area contributed by atoms with Crippen molar-refractivity contribution >= 4 is 31.7 Å². The van der Waals surface area contributed by atoms with Crippen molar-refractivity contribution in [2.24, 2.45) is 5.92 Å². The average Bonchev–Trinajstić information content (AvgIpc) is 2.79. The molecule has 0 amide bonds. The van der Waals surface area contributed by atoms with E-state index in [1.165, 1.54) is 15.6 Å². The highest BCUT2D eigenvalue weighted by Crippen LogP contribution is 2.29. The van der Waals surface area contributed by atoms with Gasteiger partial charge in [-0.2, -0.15) is 0 Å². The minimum atomic E-state index is -2.57. The summed E-state index contributed by atoms with van der Waals surface area (Å²) in [5, 5.41) is 15.1. The second kappa shape index (κ2) is 10.5. The van der Waals surface area contributed by atoms with Gasteiger partial charge >= 0.3 is 0 Å². The van der Waals surface area contributed by atoms with Gasteiger partial charge in [-0.15, -0.1) is 11.5 Å². The van der Waals surface area contributed by atoms with E-state index in [4.69, 9.17) is 0 Å². The standard InChI is InChI=1S/C29H36OSi2/c1-24(2)29(30)23-28(21-22-31(3,4)5)32(25-15-9-6-10-16-25,26-17-11-7-12-18-26)27-19-13-8-14-20-27/h6-20,24,28-30H,23H2,1-5H3/t28-,29+/m1/s1. The van der Waals surface area contributed by atoms with Gasteiger partial charge in [0.1, 0.15) is 8.07 Å². The highest BCUT2D eigenvalue weighted by atomic mass is 28.3. The molecule has 0 heterocycles. The van der Waals surface area contributed by atoms with Gasteiger partial charge in [-0.3, -0.25) is 0 Å². The van der Waals surface area contributed by atoms with Crippen LogP contribution in [0.15, 0.2) is 91.0 Å². The van der Waals surface area contributed by atoms with E-state index < -0.39 is 16.1 Å². The Hall–Kier alpha value is -2.39. The lowest BCUT2D eigenvalue weighted by Gasteiger charge is -2.39.